The molecule has 3 rings (SSSR count). The van der Waals surface area contributed by atoms with Gasteiger partial charge in [-0.3, -0.25) is 4.79 Å². The number of benzene rings is 1. The van der Waals surface area contributed by atoms with Crippen molar-refractivity contribution in [2.75, 3.05) is 26.3 Å². The van der Waals surface area contributed by atoms with Crippen molar-refractivity contribution in [3.63, 3.8) is 0 Å². The number of hydrogen-bond acceptors (Lipinski definition) is 4. The number of rotatable bonds is 8. The summed E-state index contributed by atoms with van der Waals surface area (Å²) in [6.07, 6.45) is 3.55. The van der Waals surface area contributed by atoms with Crippen molar-refractivity contribution in [2.45, 2.75) is 64.3 Å². The summed E-state index contributed by atoms with van der Waals surface area (Å²) < 4.78 is 33.8. The Balaban J connectivity index is 1.73. The van der Waals surface area contributed by atoms with Gasteiger partial charge in [-0.15, -0.1) is 0 Å². The fraction of sp³-hybridized carbons (Fsp3) is 0.682. The smallest absolute Gasteiger partial charge is 0.251 e. The van der Waals surface area contributed by atoms with E-state index >= 15 is 0 Å². The first kappa shape index (κ1) is 22.2. The number of sulfonamides is 1. The summed E-state index contributed by atoms with van der Waals surface area (Å²) in [7, 11) is -3.64. The molecule has 0 aromatic heterocycles. The maximum atomic E-state index is 13.4. The van der Waals surface area contributed by atoms with Crippen LogP contribution in [-0.2, 0) is 14.8 Å². The zero-order valence-corrected chi connectivity index (χ0v) is 18.8. The van der Waals surface area contributed by atoms with Gasteiger partial charge in [0.05, 0.1) is 4.90 Å². The zero-order valence-electron chi connectivity index (χ0n) is 18.0. The van der Waals surface area contributed by atoms with Crippen LogP contribution in [0.3, 0.4) is 0 Å². The first-order chi connectivity index (χ1) is 13.6. The van der Waals surface area contributed by atoms with E-state index in [9.17, 15) is 13.2 Å². The maximum Gasteiger partial charge on any atom is 0.251 e. The van der Waals surface area contributed by atoms with Gasteiger partial charge in [-0.1, -0.05) is 26.8 Å². The molecule has 1 N–H and O–H groups in total. The van der Waals surface area contributed by atoms with Crippen LogP contribution in [0.1, 0.15) is 63.7 Å². The molecule has 0 spiro atoms. The quantitative estimate of drug-likeness (QED) is 0.651. The van der Waals surface area contributed by atoms with Crippen LogP contribution in [0.25, 0.3) is 0 Å². The van der Waals surface area contributed by atoms with Crippen LogP contribution in [0, 0.1) is 10.8 Å². The second kappa shape index (κ2) is 8.36. The van der Waals surface area contributed by atoms with Crippen molar-refractivity contribution in [3.05, 3.63) is 29.8 Å². The third kappa shape index (κ3) is 5.01. The summed E-state index contributed by atoms with van der Waals surface area (Å²) in [4.78, 5) is 12.6. The SMILES string of the molecule is CCOCCCNC(=O)c1cccc(S(=O)(=O)N2CC3(C)CC2CC(C)(C)C3)c1. The van der Waals surface area contributed by atoms with E-state index in [2.05, 4.69) is 26.1 Å². The lowest BCUT2D eigenvalue weighted by Crippen LogP contribution is -2.37. The summed E-state index contributed by atoms with van der Waals surface area (Å²) in [5, 5.41) is 2.83. The lowest BCUT2D eigenvalue weighted by Gasteiger charge is -2.39. The van der Waals surface area contributed by atoms with Gasteiger partial charge < -0.3 is 10.1 Å². The Morgan fingerprint density at radius 2 is 2.03 bits per heavy atom. The Hall–Kier alpha value is -1.44. The van der Waals surface area contributed by atoms with Gasteiger partial charge in [0.15, 0.2) is 0 Å². The molecule has 1 aromatic rings. The largest absolute Gasteiger partial charge is 0.382 e. The number of carbonyl (C=O) groups excluding carboxylic acids is 1. The van der Waals surface area contributed by atoms with Gasteiger partial charge in [0, 0.05) is 37.9 Å². The lowest BCUT2D eigenvalue weighted by atomic mass is 9.65. The molecule has 1 aliphatic carbocycles. The first-order valence-electron chi connectivity index (χ1n) is 10.5. The number of carbonyl (C=O) groups is 1. The molecule has 2 fully saturated rings. The molecule has 2 unspecified atom stereocenters. The summed E-state index contributed by atoms with van der Waals surface area (Å²) in [6.45, 7) is 10.9. The predicted octanol–water partition coefficient (Wildman–Crippen LogP) is 3.43. The molecule has 1 amide bonds. The third-order valence-corrected chi connectivity index (χ3v) is 7.92. The topological polar surface area (TPSA) is 75.7 Å². The van der Waals surface area contributed by atoms with Crippen LogP contribution in [0.4, 0.5) is 0 Å². The van der Waals surface area contributed by atoms with E-state index in [1.807, 2.05) is 6.92 Å². The van der Waals surface area contributed by atoms with E-state index in [4.69, 9.17) is 4.74 Å². The fourth-order valence-corrected chi connectivity index (χ4v) is 7.07. The minimum absolute atomic E-state index is 0.0228. The average molecular weight is 423 g/mol. The van der Waals surface area contributed by atoms with E-state index in [-0.39, 0.29) is 27.7 Å². The van der Waals surface area contributed by atoms with Crippen molar-refractivity contribution in [3.8, 4) is 0 Å². The molecule has 2 bridgehead atoms. The molecular formula is C22H34N2O4S. The van der Waals surface area contributed by atoms with E-state index in [1.165, 1.54) is 6.07 Å². The molecule has 1 saturated carbocycles. The fourth-order valence-electron chi connectivity index (χ4n) is 5.24. The highest BCUT2D eigenvalue weighted by molar-refractivity contribution is 7.89. The number of nitrogens with zero attached hydrogens (tertiary/aromatic N) is 1. The second-order valence-electron chi connectivity index (χ2n) is 9.60. The first-order valence-corrected chi connectivity index (χ1v) is 12.0. The number of fused-ring (bicyclic) bond motifs is 2. The highest BCUT2D eigenvalue weighted by atomic mass is 32.2. The molecule has 0 radical (unpaired) electrons. The van der Waals surface area contributed by atoms with Crippen LogP contribution < -0.4 is 5.32 Å². The lowest BCUT2D eigenvalue weighted by molar-refractivity contribution is 0.0944. The summed E-state index contributed by atoms with van der Waals surface area (Å²) >= 11 is 0. The molecule has 1 saturated heterocycles. The monoisotopic (exact) mass is 422 g/mol. The van der Waals surface area contributed by atoms with E-state index in [1.54, 1.807) is 22.5 Å². The predicted molar refractivity (Wildman–Crippen MR) is 113 cm³/mol. The Labute approximate surface area is 175 Å². The van der Waals surface area contributed by atoms with E-state index < -0.39 is 10.0 Å². The van der Waals surface area contributed by atoms with Crippen molar-refractivity contribution < 1.29 is 17.9 Å². The highest BCUT2D eigenvalue weighted by Gasteiger charge is 2.53. The van der Waals surface area contributed by atoms with Crippen molar-refractivity contribution in [1.29, 1.82) is 0 Å². The zero-order chi connectivity index (χ0) is 21.3. The molecule has 162 valence electrons. The van der Waals surface area contributed by atoms with Crippen molar-refractivity contribution >= 4 is 15.9 Å². The molecule has 2 atom stereocenters. The Kier molecular flexibility index (Phi) is 6.41. The summed E-state index contributed by atoms with van der Waals surface area (Å²) in [6, 6.07) is 6.43. The van der Waals surface area contributed by atoms with Crippen molar-refractivity contribution in [2.24, 2.45) is 10.8 Å². The molecule has 7 heteroatoms. The maximum absolute atomic E-state index is 13.4. The molecule has 1 aromatic carbocycles. The van der Waals surface area contributed by atoms with Crippen molar-refractivity contribution in [1.82, 2.24) is 9.62 Å². The molecule has 1 heterocycles. The number of nitrogens with one attached hydrogen (secondary N) is 1. The minimum Gasteiger partial charge on any atom is -0.382 e. The number of ether oxygens (including phenoxy) is 1. The molecular weight excluding hydrogens is 388 g/mol. The third-order valence-electron chi connectivity index (χ3n) is 6.02. The van der Waals surface area contributed by atoms with Gasteiger partial charge in [0.1, 0.15) is 0 Å². The number of hydrogen-bond donors (Lipinski definition) is 1. The average Bonchev–Trinajstić information content (AvgIpc) is 2.91. The van der Waals surface area contributed by atoms with Gasteiger partial charge in [-0.2, -0.15) is 4.31 Å². The highest BCUT2D eigenvalue weighted by Crippen LogP contribution is 2.53. The Morgan fingerprint density at radius 3 is 2.76 bits per heavy atom. The molecule has 29 heavy (non-hydrogen) atoms. The normalized spacial score (nSPS) is 26.4. The van der Waals surface area contributed by atoms with Gasteiger partial charge >= 0.3 is 0 Å². The van der Waals surface area contributed by atoms with Gasteiger partial charge in [-0.25, -0.2) is 8.42 Å². The van der Waals surface area contributed by atoms with Gasteiger partial charge in [0.25, 0.3) is 5.91 Å². The Morgan fingerprint density at radius 1 is 1.28 bits per heavy atom. The van der Waals surface area contributed by atoms with Gasteiger partial charge in [-0.05, 0) is 61.6 Å². The molecule has 6 nitrogen and oxygen atoms in total. The molecule has 1 aliphatic heterocycles. The Bertz CT molecular complexity index is 852. The number of amides is 1. The molecule has 2 aliphatic rings. The van der Waals surface area contributed by atoms with Crippen LogP contribution in [-0.4, -0.2) is 51.0 Å². The van der Waals surface area contributed by atoms with Gasteiger partial charge in [0.2, 0.25) is 10.0 Å². The minimum atomic E-state index is -3.64. The van der Waals surface area contributed by atoms with E-state index in [0.29, 0.717) is 31.9 Å². The second-order valence-corrected chi connectivity index (χ2v) is 11.5. The summed E-state index contributed by atoms with van der Waals surface area (Å²) in [5.74, 6) is -0.258. The summed E-state index contributed by atoms with van der Waals surface area (Å²) in [5.41, 5.74) is 0.538. The van der Waals surface area contributed by atoms with E-state index in [0.717, 1.165) is 25.7 Å². The van der Waals surface area contributed by atoms with Crippen LogP contribution in [0.5, 0.6) is 0 Å². The van der Waals surface area contributed by atoms with Crippen LogP contribution >= 0.6 is 0 Å². The van der Waals surface area contributed by atoms with Crippen LogP contribution in [0.2, 0.25) is 0 Å². The standard InChI is InChI=1S/C22H34N2O4S/c1-5-28-11-7-10-23-20(25)17-8-6-9-19(12-17)29(26,27)24-16-22(4)14-18(24)13-21(2,3)15-22/h6,8-9,12,18H,5,7,10-11,13-16H2,1-4H3,(H,23,25). The van der Waals surface area contributed by atoms with Crippen LogP contribution in [0.15, 0.2) is 29.2 Å².